The molecule has 8 heteroatoms. The molecule has 1 atom stereocenters. The van der Waals surface area contributed by atoms with Gasteiger partial charge in [0.1, 0.15) is 0 Å². The lowest BCUT2D eigenvalue weighted by Crippen LogP contribution is -2.35. The van der Waals surface area contributed by atoms with Gasteiger partial charge in [-0.2, -0.15) is 0 Å². The molecule has 140 valence electrons. The van der Waals surface area contributed by atoms with Gasteiger partial charge in [-0.05, 0) is 49.4 Å². The third-order valence-electron chi connectivity index (χ3n) is 4.01. The van der Waals surface area contributed by atoms with Crippen molar-refractivity contribution >= 4 is 52.5 Å². The Hall–Kier alpha value is -2.51. The molecule has 0 saturated heterocycles. The van der Waals surface area contributed by atoms with Crippen LogP contribution in [0.2, 0.25) is 5.02 Å². The lowest BCUT2D eigenvalue weighted by molar-refractivity contribution is -0.117. The molecule has 1 aliphatic rings. The van der Waals surface area contributed by atoms with E-state index < -0.39 is 0 Å². The molecule has 0 unspecified atom stereocenters. The van der Waals surface area contributed by atoms with Crippen molar-refractivity contribution in [1.82, 2.24) is 4.90 Å². The molecule has 6 nitrogen and oxygen atoms in total. The maximum Gasteiger partial charge on any atom is 0.254 e. The predicted octanol–water partition coefficient (Wildman–Crippen LogP) is 3.48. The maximum absolute atomic E-state index is 12.6. The average Bonchev–Trinajstić information content (AvgIpc) is 2.63. The number of nitrogens with one attached hydrogen (secondary N) is 2. The van der Waals surface area contributed by atoms with Crippen molar-refractivity contribution in [2.75, 3.05) is 24.2 Å². The molecule has 0 bridgehead atoms. The van der Waals surface area contributed by atoms with Gasteiger partial charge < -0.3 is 15.5 Å². The Labute approximate surface area is 166 Å². The number of halogens is 1. The van der Waals surface area contributed by atoms with Crippen LogP contribution >= 0.6 is 23.4 Å². The van der Waals surface area contributed by atoms with Gasteiger partial charge in [0.25, 0.3) is 5.91 Å². The van der Waals surface area contributed by atoms with E-state index in [1.807, 2.05) is 13.0 Å². The summed E-state index contributed by atoms with van der Waals surface area (Å²) in [6.07, 6.45) is 0. The summed E-state index contributed by atoms with van der Waals surface area (Å²) in [5.41, 5.74) is 1.63. The fourth-order valence-electron chi connectivity index (χ4n) is 2.58. The molecule has 3 rings (SSSR count). The number of benzene rings is 2. The van der Waals surface area contributed by atoms with E-state index in [2.05, 4.69) is 10.6 Å². The van der Waals surface area contributed by atoms with Gasteiger partial charge in [0, 0.05) is 28.2 Å². The number of rotatable bonds is 4. The maximum atomic E-state index is 12.6. The first-order valence-electron chi connectivity index (χ1n) is 8.26. The topological polar surface area (TPSA) is 78.5 Å². The zero-order chi connectivity index (χ0) is 19.6. The summed E-state index contributed by atoms with van der Waals surface area (Å²) in [4.78, 5) is 38.8. The summed E-state index contributed by atoms with van der Waals surface area (Å²) in [7, 11) is 1.55. The number of hydrogen-bond donors (Lipinski definition) is 2. The molecule has 0 aliphatic carbocycles. The minimum atomic E-state index is -0.316. The van der Waals surface area contributed by atoms with Crippen LogP contribution in [0.5, 0.6) is 0 Å². The number of carbonyl (C=O) groups excluding carboxylic acids is 3. The summed E-state index contributed by atoms with van der Waals surface area (Å²) < 4.78 is 0. The van der Waals surface area contributed by atoms with Crippen molar-refractivity contribution < 1.29 is 14.4 Å². The Balaban J connectivity index is 1.65. The van der Waals surface area contributed by atoms with E-state index >= 15 is 0 Å². The average molecular weight is 404 g/mol. The van der Waals surface area contributed by atoms with Gasteiger partial charge in [-0.3, -0.25) is 14.4 Å². The molecule has 0 aromatic heterocycles. The van der Waals surface area contributed by atoms with E-state index in [4.69, 9.17) is 11.6 Å². The van der Waals surface area contributed by atoms with Crippen LogP contribution in [0, 0.1) is 0 Å². The van der Waals surface area contributed by atoms with Gasteiger partial charge in [0.2, 0.25) is 11.8 Å². The highest BCUT2D eigenvalue weighted by Gasteiger charge is 2.24. The number of nitrogens with zero attached hydrogens (tertiary/aromatic N) is 1. The second-order valence-electron chi connectivity index (χ2n) is 6.18. The van der Waals surface area contributed by atoms with Crippen LogP contribution < -0.4 is 10.6 Å². The molecule has 1 heterocycles. The van der Waals surface area contributed by atoms with Gasteiger partial charge in [-0.25, -0.2) is 0 Å². The number of amides is 3. The van der Waals surface area contributed by atoms with Crippen molar-refractivity contribution in [1.29, 1.82) is 0 Å². The normalized spacial score (nSPS) is 15.5. The van der Waals surface area contributed by atoms with E-state index in [0.717, 1.165) is 4.90 Å². The Morgan fingerprint density at radius 2 is 1.93 bits per heavy atom. The molecule has 2 aromatic carbocycles. The molecule has 3 amide bonds. The molecule has 1 aliphatic heterocycles. The number of anilines is 2. The third kappa shape index (κ3) is 4.61. The highest BCUT2D eigenvalue weighted by Crippen LogP contribution is 2.36. The summed E-state index contributed by atoms with van der Waals surface area (Å²) in [5, 5.41) is 5.92. The van der Waals surface area contributed by atoms with E-state index in [9.17, 15) is 14.4 Å². The van der Waals surface area contributed by atoms with Gasteiger partial charge >= 0.3 is 0 Å². The molecular formula is C19H18ClN3O3S. The molecule has 27 heavy (non-hydrogen) atoms. The van der Waals surface area contributed by atoms with E-state index in [-0.39, 0.29) is 29.5 Å². The van der Waals surface area contributed by atoms with Gasteiger partial charge in [-0.15, -0.1) is 11.8 Å². The standard InChI is InChI=1S/C19H18ClN3O3S/c1-11-18(25)22-15-9-12(3-8-16(15)27-11)19(26)23(2)10-17(24)21-14-6-4-13(20)5-7-14/h3-9,11H,10H2,1-2H3,(H,21,24)(H,22,25)/t11-/m1/s1. The van der Waals surface area contributed by atoms with Gasteiger partial charge in [-0.1, -0.05) is 11.6 Å². The largest absolute Gasteiger partial charge is 0.332 e. The first-order chi connectivity index (χ1) is 12.8. The first-order valence-corrected chi connectivity index (χ1v) is 9.51. The van der Waals surface area contributed by atoms with Crippen LogP contribution in [0.4, 0.5) is 11.4 Å². The number of carbonyl (C=O) groups is 3. The number of thioether (sulfide) groups is 1. The lowest BCUT2D eigenvalue weighted by Gasteiger charge is -2.23. The highest BCUT2D eigenvalue weighted by atomic mass is 35.5. The second kappa shape index (κ2) is 8.02. The molecule has 0 saturated carbocycles. The van der Waals surface area contributed by atoms with E-state index in [1.54, 1.807) is 43.4 Å². The molecule has 0 radical (unpaired) electrons. The molecule has 0 fully saturated rings. The van der Waals surface area contributed by atoms with Gasteiger partial charge in [0.05, 0.1) is 17.5 Å². The fraction of sp³-hybridized carbons (Fsp3) is 0.211. The van der Waals surface area contributed by atoms with Crippen LogP contribution in [-0.4, -0.2) is 41.5 Å². The van der Waals surface area contributed by atoms with Crippen LogP contribution in [-0.2, 0) is 9.59 Å². The summed E-state index contributed by atoms with van der Waals surface area (Å²) in [5.74, 6) is -0.710. The minimum Gasteiger partial charge on any atom is -0.332 e. The van der Waals surface area contributed by atoms with Crippen LogP contribution in [0.15, 0.2) is 47.4 Å². The quantitative estimate of drug-likeness (QED) is 0.819. The van der Waals surface area contributed by atoms with Crippen molar-refractivity contribution in [3.05, 3.63) is 53.1 Å². The summed E-state index contributed by atoms with van der Waals surface area (Å²) >= 11 is 7.27. The number of fused-ring (bicyclic) bond motifs is 1. The summed E-state index contributed by atoms with van der Waals surface area (Å²) in [6, 6.07) is 11.9. The second-order valence-corrected chi connectivity index (χ2v) is 8.00. The lowest BCUT2D eigenvalue weighted by atomic mass is 10.1. The molecule has 0 spiro atoms. The Kier molecular flexibility index (Phi) is 5.72. The SMILES string of the molecule is C[C@H]1Sc2ccc(C(=O)N(C)CC(=O)Nc3ccc(Cl)cc3)cc2NC1=O. The van der Waals surface area contributed by atoms with E-state index in [1.165, 1.54) is 16.7 Å². The smallest absolute Gasteiger partial charge is 0.254 e. The summed E-state index contributed by atoms with van der Waals surface area (Å²) in [6.45, 7) is 1.73. The molecule has 2 aromatic rings. The van der Waals surface area contributed by atoms with Crippen LogP contribution in [0.3, 0.4) is 0 Å². The first kappa shape index (κ1) is 19.3. The van der Waals surface area contributed by atoms with Crippen LogP contribution in [0.1, 0.15) is 17.3 Å². The fourth-order valence-corrected chi connectivity index (χ4v) is 3.64. The highest BCUT2D eigenvalue weighted by molar-refractivity contribution is 8.00. The third-order valence-corrected chi connectivity index (χ3v) is 5.44. The Bertz CT molecular complexity index is 902. The zero-order valence-corrected chi connectivity index (χ0v) is 16.4. The van der Waals surface area contributed by atoms with Crippen LogP contribution in [0.25, 0.3) is 0 Å². The Morgan fingerprint density at radius 1 is 1.22 bits per heavy atom. The van der Waals surface area contributed by atoms with Crippen molar-refractivity contribution in [2.24, 2.45) is 0 Å². The monoisotopic (exact) mass is 403 g/mol. The van der Waals surface area contributed by atoms with Gasteiger partial charge in [0.15, 0.2) is 0 Å². The molecule has 2 N–H and O–H groups in total. The minimum absolute atomic E-state index is 0.0900. The van der Waals surface area contributed by atoms with Crippen molar-refractivity contribution in [2.45, 2.75) is 17.1 Å². The Morgan fingerprint density at radius 3 is 2.63 bits per heavy atom. The number of hydrogen-bond acceptors (Lipinski definition) is 4. The number of likely N-dealkylation sites (N-methyl/N-ethyl adjacent to an activating group) is 1. The zero-order valence-electron chi connectivity index (χ0n) is 14.8. The molecular weight excluding hydrogens is 386 g/mol. The predicted molar refractivity (Wildman–Crippen MR) is 107 cm³/mol. The van der Waals surface area contributed by atoms with E-state index in [0.29, 0.717) is 22.0 Å². The van der Waals surface area contributed by atoms with Crippen molar-refractivity contribution in [3.63, 3.8) is 0 Å². The van der Waals surface area contributed by atoms with Crippen molar-refractivity contribution in [3.8, 4) is 0 Å².